The van der Waals surface area contributed by atoms with Gasteiger partial charge in [-0.1, -0.05) is 26.0 Å². The van der Waals surface area contributed by atoms with Gasteiger partial charge in [0.1, 0.15) is 0 Å². The van der Waals surface area contributed by atoms with Crippen molar-refractivity contribution in [2.75, 3.05) is 18.4 Å². The Kier molecular flexibility index (Phi) is 7.59. The van der Waals surface area contributed by atoms with Crippen LogP contribution >= 0.6 is 0 Å². The molecule has 1 atom stereocenters. The van der Waals surface area contributed by atoms with Crippen molar-refractivity contribution in [1.29, 1.82) is 0 Å². The summed E-state index contributed by atoms with van der Waals surface area (Å²) in [6.07, 6.45) is 0. The molecule has 0 spiro atoms. The Morgan fingerprint density at radius 2 is 1.91 bits per heavy atom. The molecule has 1 aromatic carbocycles. The topological polar surface area (TPSA) is 61.4 Å². The average molecular weight is 319 g/mol. The Morgan fingerprint density at radius 1 is 1.22 bits per heavy atom. The van der Waals surface area contributed by atoms with Gasteiger partial charge in [-0.2, -0.15) is 0 Å². The van der Waals surface area contributed by atoms with E-state index in [0.29, 0.717) is 19.0 Å². The number of hydrogen-bond donors (Lipinski definition) is 2. The highest BCUT2D eigenvalue weighted by atomic mass is 16.2. The van der Waals surface area contributed by atoms with Crippen LogP contribution in [0, 0.1) is 5.92 Å². The summed E-state index contributed by atoms with van der Waals surface area (Å²) in [5.41, 5.74) is 1.93. The van der Waals surface area contributed by atoms with Crippen LogP contribution in [0.15, 0.2) is 24.3 Å². The fourth-order valence-corrected chi connectivity index (χ4v) is 2.10. The molecule has 0 aromatic heterocycles. The lowest BCUT2D eigenvalue weighted by molar-refractivity contribution is -0.129. The molecule has 0 aliphatic rings. The highest BCUT2D eigenvalue weighted by Crippen LogP contribution is 2.12. The van der Waals surface area contributed by atoms with Crippen LogP contribution in [0.3, 0.4) is 0 Å². The lowest BCUT2D eigenvalue weighted by Crippen LogP contribution is -2.39. The fourth-order valence-electron chi connectivity index (χ4n) is 2.10. The Hall–Kier alpha value is -2.04. The molecule has 1 unspecified atom stereocenters. The number of nitrogens with one attached hydrogen (secondary N) is 2. The van der Waals surface area contributed by atoms with Crippen LogP contribution < -0.4 is 10.6 Å². The van der Waals surface area contributed by atoms with E-state index < -0.39 is 0 Å². The molecule has 5 heteroatoms. The van der Waals surface area contributed by atoms with Crippen LogP contribution in [0.1, 0.15) is 40.2 Å². The second kappa shape index (κ2) is 9.18. The van der Waals surface area contributed by atoms with E-state index in [9.17, 15) is 9.59 Å². The molecule has 0 saturated heterocycles. The van der Waals surface area contributed by atoms with Gasteiger partial charge in [0.15, 0.2) is 0 Å². The first kappa shape index (κ1) is 19.0. The van der Waals surface area contributed by atoms with Crippen LogP contribution in [-0.4, -0.2) is 35.8 Å². The monoisotopic (exact) mass is 319 g/mol. The van der Waals surface area contributed by atoms with E-state index in [1.54, 1.807) is 11.8 Å². The molecule has 128 valence electrons. The van der Waals surface area contributed by atoms with Crippen molar-refractivity contribution in [1.82, 2.24) is 10.2 Å². The molecule has 0 saturated carbocycles. The maximum absolute atomic E-state index is 11.9. The molecule has 0 radical (unpaired) electrons. The lowest BCUT2D eigenvalue weighted by Gasteiger charge is -2.20. The average Bonchev–Trinajstić information content (AvgIpc) is 2.50. The molecule has 5 nitrogen and oxygen atoms in total. The molecular formula is C18H29N3O2. The van der Waals surface area contributed by atoms with E-state index in [-0.39, 0.29) is 24.4 Å². The Labute approximate surface area is 139 Å². The van der Waals surface area contributed by atoms with Crippen LogP contribution in [0.2, 0.25) is 0 Å². The number of rotatable bonds is 8. The third kappa shape index (κ3) is 6.72. The Balaban J connectivity index is 2.57. The molecule has 0 heterocycles. The lowest BCUT2D eigenvalue weighted by atomic mass is 10.1. The van der Waals surface area contributed by atoms with Crippen molar-refractivity contribution in [3.63, 3.8) is 0 Å². The number of anilines is 1. The largest absolute Gasteiger partial charge is 0.376 e. The summed E-state index contributed by atoms with van der Waals surface area (Å²) in [5.74, 6) is 0.456. The summed E-state index contributed by atoms with van der Waals surface area (Å²) >= 11 is 0. The second-order valence-electron chi connectivity index (χ2n) is 6.19. The Morgan fingerprint density at radius 3 is 2.48 bits per heavy atom. The fraction of sp³-hybridized carbons (Fsp3) is 0.556. The van der Waals surface area contributed by atoms with Crippen molar-refractivity contribution < 1.29 is 9.59 Å². The van der Waals surface area contributed by atoms with Gasteiger partial charge in [-0.3, -0.25) is 9.59 Å². The maximum Gasteiger partial charge on any atom is 0.239 e. The first-order valence-corrected chi connectivity index (χ1v) is 8.21. The molecule has 0 aliphatic carbocycles. The van der Waals surface area contributed by atoms with Gasteiger partial charge >= 0.3 is 0 Å². The number of carbonyl (C=O) groups excluding carboxylic acids is 2. The van der Waals surface area contributed by atoms with Crippen molar-refractivity contribution in [3.8, 4) is 0 Å². The normalized spacial score (nSPS) is 11.9. The molecule has 0 aliphatic heterocycles. The number of benzene rings is 1. The summed E-state index contributed by atoms with van der Waals surface area (Å²) < 4.78 is 0. The van der Waals surface area contributed by atoms with Crippen LogP contribution in [-0.2, 0) is 16.1 Å². The van der Waals surface area contributed by atoms with Crippen LogP contribution in [0.5, 0.6) is 0 Å². The predicted octanol–water partition coefficient (Wildman–Crippen LogP) is 2.63. The zero-order chi connectivity index (χ0) is 17.4. The minimum absolute atomic E-state index is 0.0180. The van der Waals surface area contributed by atoms with Gasteiger partial charge in [-0.15, -0.1) is 0 Å². The van der Waals surface area contributed by atoms with E-state index in [1.807, 2.05) is 38.1 Å². The van der Waals surface area contributed by atoms with E-state index in [1.165, 1.54) is 0 Å². The summed E-state index contributed by atoms with van der Waals surface area (Å²) in [5, 5.41) is 6.10. The minimum Gasteiger partial charge on any atom is -0.376 e. The zero-order valence-electron chi connectivity index (χ0n) is 14.8. The Bertz CT molecular complexity index is 529. The number of carbonyl (C=O) groups is 2. The third-order valence-electron chi connectivity index (χ3n) is 3.97. The van der Waals surface area contributed by atoms with Gasteiger partial charge in [0.2, 0.25) is 11.8 Å². The van der Waals surface area contributed by atoms with Crippen molar-refractivity contribution in [2.24, 2.45) is 5.92 Å². The molecule has 2 N–H and O–H groups in total. The van der Waals surface area contributed by atoms with Crippen molar-refractivity contribution >= 4 is 17.5 Å². The van der Waals surface area contributed by atoms with Gasteiger partial charge in [-0.25, -0.2) is 0 Å². The first-order valence-electron chi connectivity index (χ1n) is 8.21. The van der Waals surface area contributed by atoms with Crippen molar-refractivity contribution in [2.45, 2.75) is 47.2 Å². The summed E-state index contributed by atoms with van der Waals surface area (Å²) in [6, 6.07) is 7.97. The van der Waals surface area contributed by atoms with Gasteiger partial charge in [0.25, 0.3) is 0 Å². The predicted molar refractivity (Wildman–Crippen MR) is 94.1 cm³/mol. The SMILES string of the molecule is CCN(Cc1cccc(NCC(=O)NC(C)C(C)C)c1)C(C)=O. The third-order valence-corrected chi connectivity index (χ3v) is 3.97. The molecule has 0 bridgehead atoms. The number of nitrogens with zero attached hydrogens (tertiary/aromatic N) is 1. The maximum atomic E-state index is 11.9. The van der Waals surface area contributed by atoms with Gasteiger partial charge in [-0.05, 0) is 37.5 Å². The van der Waals surface area contributed by atoms with Crippen LogP contribution in [0.25, 0.3) is 0 Å². The molecule has 2 amide bonds. The quantitative estimate of drug-likeness (QED) is 0.774. The van der Waals surface area contributed by atoms with E-state index >= 15 is 0 Å². The number of amides is 2. The van der Waals surface area contributed by atoms with Crippen LogP contribution in [0.4, 0.5) is 5.69 Å². The summed E-state index contributed by atoms with van der Waals surface area (Å²) in [4.78, 5) is 25.2. The van der Waals surface area contributed by atoms with E-state index in [2.05, 4.69) is 24.5 Å². The standard InChI is InChI=1S/C18H29N3O2/c1-6-21(15(5)22)12-16-8-7-9-17(10-16)19-11-18(23)20-14(4)13(2)3/h7-10,13-14,19H,6,11-12H2,1-5H3,(H,20,23). The zero-order valence-corrected chi connectivity index (χ0v) is 14.8. The highest BCUT2D eigenvalue weighted by Gasteiger charge is 2.11. The first-order chi connectivity index (χ1) is 10.8. The smallest absolute Gasteiger partial charge is 0.239 e. The van der Waals surface area contributed by atoms with Gasteiger partial charge in [0, 0.05) is 31.7 Å². The summed E-state index contributed by atoms with van der Waals surface area (Å²) in [7, 11) is 0. The van der Waals surface area contributed by atoms with Gasteiger partial charge in [0.05, 0.1) is 6.54 Å². The molecular weight excluding hydrogens is 290 g/mol. The second-order valence-corrected chi connectivity index (χ2v) is 6.19. The van der Waals surface area contributed by atoms with Crippen molar-refractivity contribution in [3.05, 3.63) is 29.8 Å². The molecule has 23 heavy (non-hydrogen) atoms. The van der Waals surface area contributed by atoms with E-state index in [0.717, 1.165) is 11.3 Å². The van der Waals surface area contributed by atoms with Gasteiger partial charge < -0.3 is 15.5 Å². The summed E-state index contributed by atoms with van der Waals surface area (Å²) in [6.45, 7) is 11.2. The molecule has 0 fully saturated rings. The molecule has 1 aromatic rings. The number of hydrogen-bond acceptors (Lipinski definition) is 3. The minimum atomic E-state index is -0.0180. The highest BCUT2D eigenvalue weighted by molar-refractivity contribution is 5.81. The molecule has 1 rings (SSSR count). The van der Waals surface area contributed by atoms with E-state index in [4.69, 9.17) is 0 Å².